The number of aromatic nitrogens is 2. The van der Waals surface area contributed by atoms with Crippen LogP contribution < -0.4 is 0 Å². The van der Waals surface area contributed by atoms with Gasteiger partial charge in [0, 0.05) is 32.2 Å². The number of fused-ring (bicyclic) bond motifs is 1. The van der Waals surface area contributed by atoms with Gasteiger partial charge in [-0.05, 0) is 90.9 Å². The van der Waals surface area contributed by atoms with E-state index in [1.165, 1.54) is 0 Å². The molecular formula is C28H25Cl2IN2O3. The average molecular weight is 635 g/mol. The minimum absolute atomic E-state index is 0.0429. The molecule has 0 bridgehead atoms. The second-order valence-electron chi connectivity index (χ2n) is 9.81. The molecule has 6 rings (SSSR count). The molecule has 186 valence electrons. The van der Waals surface area contributed by atoms with E-state index in [4.69, 9.17) is 32.5 Å². The summed E-state index contributed by atoms with van der Waals surface area (Å²) >= 11 is 15.3. The van der Waals surface area contributed by atoms with Crippen molar-refractivity contribution in [3.63, 3.8) is 0 Å². The van der Waals surface area contributed by atoms with Crippen molar-refractivity contribution in [2.45, 2.75) is 62.8 Å². The second kappa shape index (κ2) is 9.87. The molecule has 2 aliphatic carbocycles. The zero-order valence-electron chi connectivity index (χ0n) is 19.5. The Labute approximate surface area is 233 Å². The van der Waals surface area contributed by atoms with Crippen molar-refractivity contribution < 1.29 is 14.4 Å². The minimum atomic E-state index is -0.871. The van der Waals surface area contributed by atoms with Gasteiger partial charge in [0.05, 0.1) is 33.9 Å². The molecule has 0 unspecified atom stereocenters. The van der Waals surface area contributed by atoms with Crippen molar-refractivity contribution in [2.24, 2.45) is 0 Å². The van der Waals surface area contributed by atoms with Crippen LogP contribution in [0.5, 0.6) is 0 Å². The van der Waals surface area contributed by atoms with Gasteiger partial charge in [-0.1, -0.05) is 46.6 Å². The molecule has 2 saturated carbocycles. The summed E-state index contributed by atoms with van der Waals surface area (Å²) in [6.45, 7) is 0.383. The van der Waals surface area contributed by atoms with Crippen LogP contribution in [0.4, 0.5) is 0 Å². The van der Waals surface area contributed by atoms with E-state index < -0.39 is 5.60 Å². The highest BCUT2D eigenvalue weighted by molar-refractivity contribution is 14.1. The molecule has 0 saturated heterocycles. The molecule has 2 fully saturated rings. The molecule has 4 aromatic rings. The van der Waals surface area contributed by atoms with Crippen LogP contribution in [0.1, 0.15) is 61.3 Å². The van der Waals surface area contributed by atoms with Gasteiger partial charge in [-0.15, -0.1) is 0 Å². The molecule has 0 atom stereocenters. The Morgan fingerprint density at radius 3 is 2.53 bits per heavy atom. The third kappa shape index (κ3) is 4.67. The monoisotopic (exact) mass is 634 g/mol. The molecule has 2 aromatic heterocycles. The summed E-state index contributed by atoms with van der Waals surface area (Å²) in [4.78, 5) is 4.50. The Kier molecular flexibility index (Phi) is 6.75. The Hall–Kier alpha value is -1.71. The zero-order valence-corrected chi connectivity index (χ0v) is 23.2. The van der Waals surface area contributed by atoms with Gasteiger partial charge in [-0.2, -0.15) is 0 Å². The maximum absolute atomic E-state index is 11.5. The lowest BCUT2D eigenvalue weighted by Crippen LogP contribution is -2.34. The summed E-state index contributed by atoms with van der Waals surface area (Å²) in [6.07, 6.45) is 6.84. The van der Waals surface area contributed by atoms with Crippen molar-refractivity contribution >= 4 is 56.7 Å². The lowest BCUT2D eigenvalue weighted by molar-refractivity contribution is -0.0640. The smallest absolute Gasteiger partial charge is 0.145 e. The molecule has 2 aromatic carbocycles. The van der Waals surface area contributed by atoms with Crippen LogP contribution in [0.3, 0.4) is 0 Å². The summed E-state index contributed by atoms with van der Waals surface area (Å²) < 4.78 is 13.3. The van der Waals surface area contributed by atoms with E-state index in [-0.39, 0.29) is 6.10 Å². The normalized spacial score (nSPS) is 22.3. The molecule has 0 spiro atoms. The Balaban J connectivity index is 1.18. The highest BCUT2D eigenvalue weighted by Gasteiger charge is 2.37. The molecule has 5 nitrogen and oxygen atoms in total. The van der Waals surface area contributed by atoms with Crippen LogP contribution >= 0.6 is 45.8 Å². The number of pyridine rings is 1. The van der Waals surface area contributed by atoms with Gasteiger partial charge in [0.25, 0.3) is 0 Å². The van der Waals surface area contributed by atoms with Crippen molar-refractivity contribution in [3.8, 4) is 11.3 Å². The maximum atomic E-state index is 11.5. The molecule has 0 aliphatic heterocycles. The van der Waals surface area contributed by atoms with Gasteiger partial charge in [0.15, 0.2) is 0 Å². The second-order valence-corrected chi connectivity index (χ2v) is 11.8. The van der Waals surface area contributed by atoms with Gasteiger partial charge < -0.3 is 14.4 Å². The van der Waals surface area contributed by atoms with Crippen LogP contribution in [0.2, 0.25) is 10.0 Å². The Morgan fingerprint density at radius 2 is 1.81 bits per heavy atom. The molecule has 0 radical (unpaired) electrons. The lowest BCUT2D eigenvalue weighted by atomic mass is 9.78. The van der Waals surface area contributed by atoms with E-state index in [0.717, 1.165) is 57.0 Å². The fraction of sp³-hybridized carbons (Fsp3) is 0.357. The van der Waals surface area contributed by atoms with Gasteiger partial charge in [-0.3, -0.25) is 4.98 Å². The largest absolute Gasteiger partial charge is 0.385 e. The Bertz CT molecular complexity index is 1410. The van der Waals surface area contributed by atoms with Crippen molar-refractivity contribution in [3.05, 3.63) is 79.2 Å². The summed E-state index contributed by atoms with van der Waals surface area (Å²) in [7, 11) is 0. The lowest BCUT2D eigenvalue weighted by Gasteiger charge is -2.36. The van der Waals surface area contributed by atoms with Gasteiger partial charge >= 0.3 is 0 Å². The van der Waals surface area contributed by atoms with E-state index in [0.29, 0.717) is 46.7 Å². The summed E-state index contributed by atoms with van der Waals surface area (Å²) in [6, 6.07) is 13.6. The number of hydrogen-bond donors (Lipinski definition) is 1. The highest BCUT2D eigenvalue weighted by atomic mass is 127. The number of nitrogens with zero attached hydrogens (tertiary/aromatic N) is 2. The third-order valence-electron chi connectivity index (χ3n) is 7.42. The number of benzene rings is 2. The summed E-state index contributed by atoms with van der Waals surface area (Å²) in [5.41, 5.74) is 3.25. The fourth-order valence-corrected chi connectivity index (χ4v) is 6.37. The van der Waals surface area contributed by atoms with E-state index >= 15 is 0 Å². The molecule has 1 N–H and O–H groups in total. The van der Waals surface area contributed by atoms with Gasteiger partial charge in [0.2, 0.25) is 0 Å². The maximum Gasteiger partial charge on any atom is 0.145 e. The Morgan fingerprint density at radius 1 is 1.06 bits per heavy atom. The SMILES string of the molecule is O[C@]1(c2ccc3c(I)ccnc3c2)CC[C@H](OCc2c(-c3c(Cl)cccc3Cl)noc2C2CC2)CC1. The number of ether oxygens (including phenoxy) is 1. The van der Waals surface area contributed by atoms with Gasteiger partial charge in [0.1, 0.15) is 11.5 Å². The van der Waals surface area contributed by atoms with E-state index in [1.54, 1.807) is 0 Å². The van der Waals surface area contributed by atoms with Crippen LogP contribution in [0.25, 0.3) is 22.2 Å². The summed E-state index contributed by atoms with van der Waals surface area (Å²) in [5.74, 6) is 1.26. The van der Waals surface area contributed by atoms with Crippen molar-refractivity contribution in [1.82, 2.24) is 10.1 Å². The fourth-order valence-electron chi connectivity index (χ4n) is 5.18. The van der Waals surface area contributed by atoms with Crippen LogP contribution in [-0.2, 0) is 16.9 Å². The number of aliphatic hydroxyl groups is 1. The quantitative estimate of drug-likeness (QED) is 0.218. The van der Waals surface area contributed by atoms with E-state index in [9.17, 15) is 5.11 Å². The molecule has 8 heteroatoms. The molecule has 36 heavy (non-hydrogen) atoms. The standard InChI is InChI=1S/C28H25Cl2IN2O3/c29-21-2-1-3-22(30)25(21)26-20(27(36-33-26)16-4-5-16)15-35-18-8-11-28(34,12-9-18)17-6-7-19-23(31)10-13-32-24(19)14-17/h1-3,6-7,10,13-14,16,18,34H,4-5,8-9,11-12,15H2/t18-,28+. The van der Waals surface area contributed by atoms with E-state index in [1.807, 2.05) is 42.6 Å². The molecule has 0 amide bonds. The molecule has 2 aliphatic rings. The highest BCUT2D eigenvalue weighted by Crippen LogP contribution is 2.46. The predicted molar refractivity (Wildman–Crippen MR) is 149 cm³/mol. The first-order valence-electron chi connectivity index (χ1n) is 12.2. The molecule has 2 heterocycles. The first-order valence-corrected chi connectivity index (χ1v) is 14.1. The van der Waals surface area contributed by atoms with Crippen LogP contribution in [-0.4, -0.2) is 21.4 Å². The number of hydrogen-bond acceptors (Lipinski definition) is 5. The zero-order chi connectivity index (χ0) is 24.9. The number of rotatable bonds is 6. The van der Waals surface area contributed by atoms with Crippen molar-refractivity contribution in [1.29, 1.82) is 0 Å². The van der Waals surface area contributed by atoms with Crippen LogP contribution in [0.15, 0.2) is 53.2 Å². The average Bonchev–Trinajstić information content (AvgIpc) is 3.64. The van der Waals surface area contributed by atoms with Crippen LogP contribution in [0, 0.1) is 3.57 Å². The first kappa shape index (κ1) is 24.6. The topological polar surface area (TPSA) is 68.4 Å². The first-order chi connectivity index (χ1) is 17.4. The van der Waals surface area contributed by atoms with Gasteiger partial charge in [-0.25, -0.2) is 0 Å². The number of halogens is 3. The predicted octanol–water partition coefficient (Wildman–Crippen LogP) is 8.03. The molecular weight excluding hydrogens is 610 g/mol. The third-order valence-corrected chi connectivity index (χ3v) is 8.99. The van der Waals surface area contributed by atoms with E-state index in [2.05, 4.69) is 38.8 Å². The summed E-state index contributed by atoms with van der Waals surface area (Å²) in [5, 5.41) is 18.0. The minimum Gasteiger partial charge on any atom is -0.385 e. The van der Waals surface area contributed by atoms with Crippen molar-refractivity contribution in [2.75, 3.05) is 0 Å².